The Labute approximate surface area is 233 Å². The number of phenolic OH excluding ortho intramolecular Hbond substituents is 1. The second kappa shape index (κ2) is 10.4. The van der Waals surface area contributed by atoms with Crippen molar-refractivity contribution < 1.29 is 14.6 Å². The van der Waals surface area contributed by atoms with Crippen LogP contribution in [-0.2, 0) is 9.53 Å². The molecule has 0 unspecified atom stereocenters. The first-order valence-electron chi connectivity index (χ1n) is 10.8. The Morgan fingerprint density at radius 2 is 1.94 bits per heavy atom. The maximum Gasteiger partial charge on any atom is 0.338 e. The molecule has 2 aromatic carbocycles. The van der Waals surface area contributed by atoms with Gasteiger partial charge in [0.05, 0.1) is 32.0 Å². The highest BCUT2D eigenvalue weighted by Gasteiger charge is 2.33. The summed E-state index contributed by atoms with van der Waals surface area (Å²) >= 11 is 5.48. The molecule has 35 heavy (non-hydrogen) atoms. The third-order valence-corrected chi connectivity index (χ3v) is 8.01. The predicted molar refractivity (Wildman–Crippen MR) is 155 cm³/mol. The molecule has 0 radical (unpaired) electrons. The van der Waals surface area contributed by atoms with E-state index in [-0.39, 0.29) is 17.9 Å². The number of hydrogen-bond acceptors (Lipinski definition) is 7. The Morgan fingerprint density at radius 1 is 1.26 bits per heavy atom. The maximum absolute atomic E-state index is 13.7. The predicted octanol–water partition coefficient (Wildman–Crippen LogP) is 3.78. The lowest BCUT2D eigenvalue weighted by Crippen LogP contribution is -2.39. The molecule has 10 heteroatoms. The summed E-state index contributed by atoms with van der Waals surface area (Å²) in [5, 5.41) is 10.6. The van der Waals surface area contributed by atoms with Gasteiger partial charge in [-0.25, -0.2) is 9.79 Å². The zero-order valence-corrected chi connectivity index (χ0v) is 24.6. The van der Waals surface area contributed by atoms with Gasteiger partial charge in [0, 0.05) is 28.9 Å². The maximum atomic E-state index is 13.7. The number of anilines is 1. The number of allylic oxidation sites excluding steroid dienone is 1. The summed E-state index contributed by atoms with van der Waals surface area (Å²) in [7, 11) is 3.90. The molecule has 7 nitrogen and oxygen atoms in total. The van der Waals surface area contributed by atoms with Gasteiger partial charge in [0.25, 0.3) is 5.56 Å². The number of carbonyl (C=O) groups is 1. The normalized spacial score (nSPS) is 15.6. The smallest absolute Gasteiger partial charge is 0.338 e. The molecule has 1 aliphatic rings. The monoisotopic (exact) mass is 715 g/mol. The van der Waals surface area contributed by atoms with E-state index in [1.165, 1.54) is 11.3 Å². The number of aromatic hydroxyl groups is 1. The summed E-state index contributed by atoms with van der Waals surface area (Å²) in [6.07, 6.45) is 1.68. The highest BCUT2D eigenvalue weighted by molar-refractivity contribution is 14.1. The van der Waals surface area contributed by atoms with E-state index in [2.05, 4.69) is 50.2 Å². The number of hydrogen-bond donors (Lipinski definition) is 1. The summed E-state index contributed by atoms with van der Waals surface area (Å²) in [6, 6.07) is 10.8. The number of rotatable bonds is 5. The molecular formula is C25H23I2N3O4S. The quantitative estimate of drug-likeness (QED) is 0.322. The second-order valence-corrected chi connectivity index (χ2v) is 11.5. The summed E-state index contributed by atoms with van der Waals surface area (Å²) in [4.78, 5) is 33.8. The van der Waals surface area contributed by atoms with Crippen LogP contribution in [0.2, 0.25) is 0 Å². The third kappa shape index (κ3) is 5.05. The molecule has 0 aliphatic carbocycles. The highest BCUT2D eigenvalue weighted by Crippen LogP contribution is 2.32. The Morgan fingerprint density at radius 3 is 2.57 bits per heavy atom. The van der Waals surface area contributed by atoms with Crippen LogP contribution in [0.5, 0.6) is 5.75 Å². The van der Waals surface area contributed by atoms with Gasteiger partial charge in [0.2, 0.25) is 0 Å². The number of halogens is 2. The molecule has 182 valence electrons. The van der Waals surface area contributed by atoms with Gasteiger partial charge in [-0.15, -0.1) is 0 Å². The Balaban J connectivity index is 1.96. The number of ether oxygens (including phenoxy) is 1. The van der Waals surface area contributed by atoms with E-state index in [1.54, 1.807) is 24.5 Å². The molecule has 1 aromatic heterocycles. The van der Waals surface area contributed by atoms with E-state index in [9.17, 15) is 14.7 Å². The molecule has 1 aliphatic heterocycles. The molecule has 1 N–H and O–H groups in total. The lowest BCUT2D eigenvalue weighted by molar-refractivity contribution is -0.139. The number of esters is 1. The van der Waals surface area contributed by atoms with Crippen molar-refractivity contribution in [3.63, 3.8) is 0 Å². The minimum Gasteiger partial charge on any atom is -0.506 e. The zero-order chi connectivity index (χ0) is 25.4. The SMILES string of the molecule is CCOC(=O)C1=C(C)N=c2s/c(=C\c3cc(I)cc(I)c3O)c(=O)n2[C@@H]1c1ccc(N(C)C)cc1. The Bertz CT molecular complexity index is 1520. The highest BCUT2D eigenvalue weighted by atomic mass is 127. The molecule has 4 rings (SSSR count). The van der Waals surface area contributed by atoms with Crippen molar-refractivity contribution in [1.29, 1.82) is 0 Å². The molecule has 1 atom stereocenters. The minimum atomic E-state index is -0.673. The molecule has 0 bridgehead atoms. The number of nitrogens with zero attached hydrogens (tertiary/aromatic N) is 3. The van der Waals surface area contributed by atoms with Crippen LogP contribution in [0.25, 0.3) is 6.08 Å². The topological polar surface area (TPSA) is 84.1 Å². The van der Waals surface area contributed by atoms with Gasteiger partial charge in [-0.3, -0.25) is 9.36 Å². The first kappa shape index (κ1) is 25.9. The molecule has 2 heterocycles. The van der Waals surface area contributed by atoms with Crippen LogP contribution in [0, 0.1) is 7.14 Å². The van der Waals surface area contributed by atoms with E-state index in [0.29, 0.717) is 29.7 Å². The van der Waals surface area contributed by atoms with Gasteiger partial charge in [-0.1, -0.05) is 23.5 Å². The van der Waals surface area contributed by atoms with Crippen LogP contribution < -0.4 is 19.8 Å². The lowest BCUT2D eigenvalue weighted by atomic mass is 9.95. The van der Waals surface area contributed by atoms with Crippen LogP contribution in [-0.4, -0.2) is 36.3 Å². The van der Waals surface area contributed by atoms with Crippen molar-refractivity contribution in [3.05, 3.63) is 85.6 Å². The minimum absolute atomic E-state index is 0.121. The molecule has 0 spiro atoms. The summed E-state index contributed by atoms with van der Waals surface area (Å²) < 4.78 is 8.97. The van der Waals surface area contributed by atoms with Crippen LogP contribution in [0.15, 0.2) is 57.5 Å². The fourth-order valence-corrected chi connectivity index (χ4v) is 6.83. The van der Waals surface area contributed by atoms with Crippen LogP contribution >= 0.6 is 56.5 Å². The van der Waals surface area contributed by atoms with Gasteiger partial charge in [0.15, 0.2) is 4.80 Å². The summed E-state index contributed by atoms with van der Waals surface area (Å²) in [5.41, 5.74) is 2.92. The number of thiazole rings is 1. The summed E-state index contributed by atoms with van der Waals surface area (Å²) in [6.45, 7) is 3.73. The average molecular weight is 715 g/mol. The molecule has 0 saturated heterocycles. The van der Waals surface area contributed by atoms with Crippen LogP contribution in [0.3, 0.4) is 0 Å². The van der Waals surface area contributed by atoms with Crippen LogP contribution in [0.4, 0.5) is 5.69 Å². The number of carbonyl (C=O) groups excluding carboxylic acids is 1. The van der Waals surface area contributed by atoms with Crippen molar-refractivity contribution in [2.24, 2.45) is 4.99 Å². The van der Waals surface area contributed by atoms with Gasteiger partial charge in [-0.2, -0.15) is 0 Å². The second-order valence-electron chi connectivity index (χ2n) is 8.11. The zero-order valence-electron chi connectivity index (χ0n) is 19.5. The lowest BCUT2D eigenvalue weighted by Gasteiger charge is -2.25. The van der Waals surface area contributed by atoms with Crippen molar-refractivity contribution >= 4 is 74.3 Å². The third-order valence-electron chi connectivity index (χ3n) is 5.59. The number of fused-ring (bicyclic) bond motifs is 1. The fraction of sp³-hybridized carbons (Fsp3) is 0.240. The van der Waals surface area contributed by atoms with Crippen molar-refractivity contribution in [1.82, 2.24) is 4.57 Å². The standard InChI is InChI=1S/C25H23I2N3O4S/c1-5-34-24(33)20-13(2)28-25-30(21(20)14-6-8-17(9-7-14)29(3)4)23(32)19(35-25)11-15-10-16(26)12-18(27)22(15)31/h6-12,21,31H,5H2,1-4H3/b19-11-/t21-/m1/s1. The van der Waals surface area contributed by atoms with Crippen LogP contribution in [0.1, 0.15) is 31.0 Å². The molecule has 0 saturated carbocycles. The van der Waals surface area contributed by atoms with E-state index >= 15 is 0 Å². The van der Waals surface area contributed by atoms with E-state index in [1.807, 2.05) is 55.4 Å². The van der Waals surface area contributed by atoms with E-state index in [4.69, 9.17) is 4.74 Å². The number of aromatic nitrogens is 1. The van der Waals surface area contributed by atoms with Gasteiger partial charge in [0.1, 0.15) is 5.75 Å². The largest absolute Gasteiger partial charge is 0.506 e. The average Bonchev–Trinajstić information content (AvgIpc) is 3.10. The first-order chi connectivity index (χ1) is 16.6. The van der Waals surface area contributed by atoms with Gasteiger partial charge < -0.3 is 14.7 Å². The molecule has 3 aromatic rings. The number of benzene rings is 2. The van der Waals surface area contributed by atoms with Crippen molar-refractivity contribution in [2.75, 3.05) is 25.6 Å². The Kier molecular flexibility index (Phi) is 7.71. The van der Waals surface area contributed by atoms with E-state index < -0.39 is 12.0 Å². The Hall–Kier alpha value is -2.19. The molecular weight excluding hydrogens is 692 g/mol. The first-order valence-corrected chi connectivity index (χ1v) is 13.7. The van der Waals surface area contributed by atoms with Gasteiger partial charge >= 0.3 is 5.97 Å². The van der Waals surface area contributed by atoms with E-state index in [0.717, 1.165) is 14.8 Å². The number of phenols is 1. The van der Waals surface area contributed by atoms with Gasteiger partial charge in [-0.05, 0) is 94.9 Å². The molecule has 0 amide bonds. The molecule has 0 fully saturated rings. The fourth-order valence-electron chi connectivity index (χ4n) is 3.90. The summed E-state index contributed by atoms with van der Waals surface area (Å²) in [5.74, 6) is -0.370. The van der Waals surface area contributed by atoms with Crippen molar-refractivity contribution in [3.8, 4) is 5.75 Å². The van der Waals surface area contributed by atoms with Crippen molar-refractivity contribution in [2.45, 2.75) is 19.9 Å².